The van der Waals surface area contributed by atoms with Crippen molar-refractivity contribution < 1.29 is 27.4 Å². The second-order valence-electron chi connectivity index (χ2n) is 6.80. The molecule has 0 fully saturated rings. The molecular formula is C24H25F3N2O3S. The fourth-order valence-electron chi connectivity index (χ4n) is 2.88. The first kappa shape index (κ1) is 26.1. The number of carbonyl (C=O) groups excluding carboxylic acids is 1. The number of benzene rings is 1. The number of aromatic nitrogens is 2. The minimum atomic E-state index is -4.33. The lowest BCUT2D eigenvalue weighted by molar-refractivity contribution is -0.144. The molecule has 0 N–H and O–H groups in total. The molecule has 0 aliphatic rings. The van der Waals surface area contributed by atoms with Gasteiger partial charge in [0.1, 0.15) is 11.6 Å². The van der Waals surface area contributed by atoms with Crippen molar-refractivity contribution in [2.24, 2.45) is 0 Å². The summed E-state index contributed by atoms with van der Waals surface area (Å²) in [6, 6.07) is 7.07. The number of esters is 1. The van der Waals surface area contributed by atoms with Crippen LogP contribution >= 0.6 is 11.3 Å². The van der Waals surface area contributed by atoms with Gasteiger partial charge in [-0.3, -0.25) is 0 Å². The minimum absolute atomic E-state index is 0.0382. The average molecular weight is 479 g/mol. The van der Waals surface area contributed by atoms with Gasteiger partial charge in [0.05, 0.1) is 24.9 Å². The van der Waals surface area contributed by atoms with Crippen molar-refractivity contribution >= 4 is 29.5 Å². The van der Waals surface area contributed by atoms with Crippen molar-refractivity contribution in [3.8, 4) is 10.6 Å². The van der Waals surface area contributed by atoms with Gasteiger partial charge in [0.2, 0.25) is 0 Å². The van der Waals surface area contributed by atoms with Crippen LogP contribution in [0.25, 0.3) is 22.7 Å². The van der Waals surface area contributed by atoms with Crippen LogP contribution in [0.4, 0.5) is 13.2 Å². The maximum Gasteiger partial charge on any atom is 0.416 e. The predicted molar refractivity (Wildman–Crippen MR) is 125 cm³/mol. The van der Waals surface area contributed by atoms with Gasteiger partial charge in [0, 0.05) is 29.4 Å². The summed E-state index contributed by atoms with van der Waals surface area (Å²) in [5.74, 6) is -0.345. The maximum atomic E-state index is 12.7. The smallest absolute Gasteiger partial charge is 0.416 e. The Balaban J connectivity index is 0.000000479. The Kier molecular flexibility index (Phi) is 9.19. The third-order valence-electron chi connectivity index (χ3n) is 4.61. The Morgan fingerprint density at radius 3 is 2.30 bits per heavy atom. The zero-order valence-corrected chi connectivity index (χ0v) is 19.4. The summed E-state index contributed by atoms with van der Waals surface area (Å²) in [5.41, 5.74) is 2.87. The fourth-order valence-corrected chi connectivity index (χ4v) is 3.95. The van der Waals surface area contributed by atoms with E-state index in [4.69, 9.17) is 0 Å². The molecule has 0 bridgehead atoms. The summed E-state index contributed by atoms with van der Waals surface area (Å²) in [4.78, 5) is 15.6. The number of methoxy groups -OCH3 is 2. The SMILES string of the molecule is C=Cc1ccn(Cc2sc(-c3ccc(C(F)(F)F)cc3)nc2C)c1C=C.COCC(=O)OC. The third-order valence-corrected chi connectivity index (χ3v) is 5.80. The Morgan fingerprint density at radius 2 is 1.82 bits per heavy atom. The fraction of sp³-hybridized carbons (Fsp3) is 0.250. The lowest BCUT2D eigenvalue weighted by Gasteiger charge is -2.06. The molecule has 0 saturated heterocycles. The van der Waals surface area contributed by atoms with Crippen molar-refractivity contribution in [1.82, 2.24) is 9.55 Å². The standard InChI is InChI=1S/C20H17F3N2S.C4H8O3/c1-4-14-10-11-25(17(14)5-2)12-18-13(3)24-19(26-18)15-6-8-16(9-7-15)20(21,22)23;1-6-3-4(5)7-2/h4-11H,1-2,12H2,3H3;3H2,1-2H3. The molecule has 0 spiro atoms. The molecule has 176 valence electrons. The van der Waals surface area contributed by atoms with Gasteiger partial charge in [0.25, 0.3) is 0 Å². The lowest BCUT2D eigenvalue weighted by Crippen LogP contribution is -2.07. The molecule has 3 rings (SSSR count). The second-order valence-corrected chi connectivity index (χ2v) is 7.89. The normalized spacial score (nSPS) is 10.8. The molecule has 2 aromatic heterocycles. The number of halogens is 3. The Morgan fingerprint density at radius 1 is 1.15 bits per heavy atom. The van der Waals surface area contributed by atoms with Crippen molar-refractivity contribution in [3.63, 3.8) is 0 Å². The molecule has 0 saturated carbocycles. The molecule has 3 aromatic rings. The molecule has 5 nitrogen and oxygen atoms in total. The quantitative estimate of drug-likeness (QED) is 0.386. The molecule has 0 atom stereocenters. The molecular weight excluding hydrogens is 453 g/mol. The Bertz CT molecular complexity index is 1100. The zero-order valence-electron chi connectivity index (χ0n) is 18.6. The number of hydrogen-bond acceptors (Lipinski definition) is 5. The highest BCUT2D eigenvalue weighted by molar-refractivity contribution is 7.15. The van der Waals surface area contributed by atoms with E-state index >= 15 is 0 Å². The highest BCUT2D eigenvalue weighted by Gasteiger charge is 2.30. The summed E-state index contributed by atoms with van der Waals surface area (Å²) >= 11 is 1.48. The van der Waals surface area contributed by atoms with E-state index < -0.39 is 11.7 Å². The monoisotopic (exact) mass is 478 g/mol. The molecule has 9 heteroatoms. The van der Waals surface area contributed by atoms with E-state index in [1.165, 1.54) is 37.7 Å². The lowest BCUT2D eigenvalue weighted by atomic mass is 10.1. The molecule has 1 aromatic carbocycles. The molecule has 0 aliphatic carbocycles. The minimum Gasteiger partial charge on any atom is -0.467 e. The van der Waals surface area contributed by atoms with Gasteiger partial charge in [-0.1, -0.05) is 31.4 Å². The summed E-state index contributed by atoms with van der Waals surface area (Å²) in [6.07, 6.45) is 1.19. The van der Waals surface area contributed by atoms with Gasteiger partial charge in [-0.15, -0.1) is 11.3 Å². The van der Waals surface area contributed by atoms with Crippen LogP contribution in [0.2, 0.25) is 0 Å². The number of carbonyl (C=O) groups is 1. The van der Waals surface area contributed by atoms with E-state index in [0.29, 0.717) is 17.1 Å². The number of nitrogens with zero attached hydrogens (tertiary/aromatic N) is 2. The van der Waals surface area contributed by atoms with Crippen LogP contribution in [0.3, 0.4) is 0 Å². The number of aryl methyl sites for hydroxylation is 1. The van der Waals surface area contributed by atoms with Crippen LogP contribution in [-0.4, -0.2) is 36.3 Å². The van der Waals surface area contributed by atoms with Gasteiger partial charge in [0.15, 0.2) is 0 Å². The Labute approximate surface area is 194 Å². The van der Waals surface area contributed by atoms with Crippen molar-refractivity contribution in [2.75, 3.05) is 20.8 Å². The number of ether oxygens (including phenoxy) is 2. The van der Waals surface area contributed by atoms with Crippen molar-refractivity contribution in [3.05, 3.63) is 77.1 Å². The largest absolute Gasteiger partial charge is 0.467 e. The van der Waals surface area contributed by atoms with Crippen molar-refractivity contribution in [2.45, 2.75) is 19.6 Å². The van der Waals surface area contributed by atoms with Crippen LogP contribution in [0.15, 0.2) is 49.7 Å². The molecule has 0 radical (unpaired) electrons. The van der Waals surface area contributed by atoms with E-state index in [-0.39, 0.29) is 12.6 Å². The molecule has 2 heterocycles. The summed E-state index contributed by atoms with van der Waals surface area (Å²) in [5, 5.41) is 0.711. The van der Waals surface area contributed by atoms with Crippen LogP contribution in [0.5, 0.6) is 0 Å². The summed E-state index contributed by atoms with van der Waals surface area (Å²) in [6.45, 7) is 10.2. The van der Waals surface area contributed by atoms with Crippen LogP contribution < -0.4 is 0 Å². The van der Waals surface area contributed by atoms with E-state index in [0.717, 1.165) is 34.0 Å². The van der Waals surface area contributed by atoms with Crippen LogP contribution in [0, 0.1) is 6.92 Å². The van der Waals surface area contributed by atoms with Gasteiger partial charge in [-0.25, -0.2) is 9.78 Å². The van der Waals surface area contributed by atoms with Crippen LogP contribution in [-0.2, 0) is 27.0 Å². The number of rotatable bonds is 7. The number of hydrogen-bond donors (Lipinski definition) is 0. The first-order valence-electron chi connectivity index (χ1n) is 9.78. The second kappa shape index (κ2) is 11.6. The number of alkyl halides is 3. The molecule has 33 heavy (non-hydrogen) atoms. The molecule has 0 unspecified atom stereocenters. The third kappa shape index (κ3) is 6.90. The first-order chi connectivity index (χ1) is 15.6. The summed E-state index contributed by atoms with van der Waals surface area (Å²) in [7, 11) is 2.76. The highest BCUT2D eigenvalue weighted by Crippen LogP contribution is 2.33. The average Bonchev–Trinajstić information content (AvgIpc) is 3.36. The van der Waals surface area contributed by atoms with Gasteiger partial charge < -0.3 is 14.0 Å². The van der Waals surface area contributed by atoms with Crippen molar-refractivity contribution in [1.29, 1.82) is 0 Å². The highest BCUT2D eigenvalue weighted by atomic mass is 32.1. The predicted octanol–water partition coefficient (Wildman–Crippen LogP) is 6.08. The molecule has 0 aliphatic heterocycles. The van der Waals surface area contributed by atoms with E-state index in [9.17, 15) is 18.0 Å². The maximum absolute atomic E-state index is 12.7. The van der Waals surface area contributed by atoms with Gasteiger partial charge in [-0.05, 0) is 36.8 Å². The Hall–Kier alpha value is -3.17. The first-order valence-corrected chi connectivity index (χ1v) is 10.6. The van der Waals surface area contributed by atoms with Crippen LogP contribution in [0.1, 0.15) is 27.4 Å². The zero-order chi connectivity index (χ0) is 24.6. The van der Waals surface area contributed by atoms with E-state index in [1.807, 2.05) is 19.2 Å². The van der Waals surface area contributed by atoms with Gasteiger partial charge in [-0.2, -0.15) is 13.2 Å². The summed E-state index contributed by atoms with van der Waals surface area (Å²) < 4.78 is 48.8. The topological polar surface area (TPSA) is 53.4 Å². The van der Waals surface area contributed by atoms with E-state index in [2.05, 4.69) is 32.2 Å². The number of thiazole rings is 1. The van der Waals surface area contributed by atoms with E-state index in [1.54, 1.807) is 12.2 Å². The molecule has 0 amide bonds. The van der Waals surface area contributed by atoms with Gasteiger partial charge >= 0.3 is 12.1 Å².